The van der Waals surface area contributed by atoms with E-state index < -0.39 is 0 Å². The highest BCUT2D eigenvalue weighted by atomic mass is 79.9. The molecule has 0 N–H and O–H groups in total. The molecule has 0 amide bonds. The van der Waals surface area contributed by atoms with E-state index >= 15 is 0 Å². The molecule has 18 heavy (non-hydrogen) atoms. The summed E-state index contributed by atoms with van der Waals surface area (Å²) >= 11 is 3.33. The smallest absolute Gasteiger partial charge is 0.151 e. The van der Waals surface area contributed by atoms with Gasteiger partial charge in [0.15, 0.2) is 6.29 Å². The Bertz CT molecular complexity index is 586. The summed E-state index contributed by atoms with van der Waals surface area (Å²) in [6, 6.07) is 11.7. The number of halogens is 2. The number of rotatable bonds is 3. The van der Waals surface area contributed by atoms with Gasteiger partial charge < -0.3 is 4.90 Å². The summed E-state index contributed by atoms with van der Waals surface area (Å²) in [5.41, 5.74) is 2.21. The lowest BCUT2D eigenvalue weighted by atomic mass is 10.2. The standard InChI is InChI=1S/C14H11BrFNO/c1-17(12-4-2-3-11(16)7-12)13-6-5-10(9-18)14(15)8-13/h2-9H,1H3. The molecular weight excluding hydrogens is 297 g/mol. The third-order valence-electron chi connectivity index (χ3n) is 2.69. The van der Waals surface area contributed by atoms with Crippen LogP contribution in [0.5, 0.6) is 0 Å². The van der Waals surface area contributed by atoms with Crippen molar-refractivity contribution in [2.24, 2.45) is 0 Å². The molecule has 0 saturated heterocycles. The van der Waals surface area contributed by atoms with Crippen LogP contribution in [0.1, 0.15) is 10.4 Å². The lowest BCUT2D eigenvalue weighted by Crippen LogP contribution is -2.09. The minimum atomic E-state index is -0.275. The van der Waals surface area contributed by atoms with E-state index in [-0.39, 0.29) is 5.82 Å². The molecule has 0 aromatic heterocycles. The number of benzene rings is 2. The molecule has 92 valence electrons. The van der Waals surface area contributed by atoms with Gasteiger partial charge in [0.05, 0.1) is 0 Å². The maximum atomic E-state index is 13.2. The maximum Gasteiger partial charge on any atom is 0.151 e. The molecule has 2 aromatic carbocycles. The average Bonchev–Trinajstić information content (AvgIpc) is 2.37. The fraction of sp³-hybridized carbons (Fsp3) is 0.0714. The number of aldehydes is 1. The summed E-state index contributed by atoms with van der Waals surface area (Å²) in [7, 11) is 1.84. The number of hydrogen-bond donors (Lipinski definition) is 0. The van der Waals surface area contributed by atoms with Crippen LogP contribution in [0.25, 0.3) is 0 Å². The van der Waals surface area contributed by atoms with Gasteiger partial charge in [0.1, 0.15) is 5.82 Å². The Morgan fingerprint density at radius 2 is 1.89 bits per heavy atom. The Morgan fingerprint density at radius 1 is 1.17 bits per heavy atom. The first kappa shape index (κ1) is 12.8. The molecule has 0 atom stereocenters. The molecule has 0 heterocycles. The summed E-state index contributed by atoms with van der Waals surface area (Å²) in [6.45, 7) is 0. The summed E-state index contributed by atoms with van der Waals surface area (Å²) < 4.78 is 13.9. The van der Waals surface area contributed by atoms with Crippen LogP contribution in [0.4, 0.5) is 15.8 Å². The molecule has 0 aliphatic heterocycles. The number of nitrogens with zero attached hydrogens (tertiary/aromatic N) is 1. The molecule has 0 radical (unpaired) electrons. The van der Waals surface area contributed by atoms with Crippen molar-refractivity contribution in [1.29, 1.82) is 0 Å². The van der Waals surface area contributed by atoms with Crippen molar-refractivity contribution in [2.75, 3.05) is 11.9 Å². The van der Waals surface area contributed by atoms with Crippen LogP contribution in [0.2, 0.25) is 0 Å². The van der Waals surface area contributed by atoms with Crippen molar-refractivity contribution < 1.29 is 9.18 Å². The Kier molecular flexibility index (Phi) is 3.77. The second kappa shape index (κ2) is 5.31. The van der Waals surface area contributed by atoms with Gasteiger partial charge in [0.2, 0.25) is 0 Å². The van der Waals surface area contributed by atoms with E-state index in [9.17, 15) is 9.18 Å². The quantitative estimate of drug-likeness (QED) is 0.793. The van der Waals surface area contributed by atoms with Crippen molar-refractivity contribution in [1.82, 2.24) is 0 Å². The first-order valence-corrected chi connectivity index (χ1v) is 6.15. The topological polar surface area (TPSA) is 20.3 Å². The molecule has 0 aliphatic rings. The molecule has 0 bridgehead atoms. The third kappa shape index (κ3) is 2.59. The second-order valence-corrected chi connectivity index (χ2v) is 4.72. The number of hydrogen-bond acceptors (Lipinski definition) is 2. The Morgan fingerprint density at radius 3 is 2.50 bits per heavy atom. The first-order valence-electron chi connectivity index (χ1n) is 5.36. The summed E-state index contributed by atoms with van der Waals surface area (Å²) in [5.74, 6) is -0.275. The summed E-state index contributed by atoms with van der Waals surface area (Å²) in [4.78, 5) is 12.6. The van der Waals surface area contributed by atoms with E-state index in [1.54, 1.807) is 12.1 Å². The molecule has 4 heteroatoms. The lowest BCUT2D eigenvalue weighted by Gasteiger charge is -2.20. The van der Waals surface area contributed by atoms with E-state index in [0.717, 1.165) is 22.1 Å². The van der Waals surface area contributed by atoms with E-state index in [2.05, 4.69) is 15.9 Å². The van der Waals surface area contributed by atoms with Crippen molar-refractivity contribution in [3.05, 3.63) is 58.3 Å². The number of carbonyl (C=O) groups excluding carboxylic acids is 1. The van der Waals surface area contributed by atoms with Gasteiger partial charge in [-0.2, -0.15) is 0 Å². The molecular formula is C14H11BrFNO. The van der Waals surface area contributed by atoms with Gasteiger partial charge in [0.25, 0.3) is 0 Å². The van der Waals surface area contributed by atoms with Gasteiger partial charge in [0, 0.05) is 28.5 Å². The van der Waals surface area contributed by atoms with Crippen LogP contribution in [-0.4, -0.2) is 13.3 Å². The largest absolute Gasteiger partial charge is 0.345 e. The van der Waals surface area contributed by atoms with Crippen LogP contribution < -0.4 is 4.90 Å². The molecule has 2 aromatic rings. The van der Waals surface area contributed by atoms with E-state index in [0.29, 0.717) is 5.56 Å². The lowest BCUT2D eigenvalue weighted by molar-refractivity contribution is 0.112. The van der Waals surface area contributed by atoms with E-state index in [1.165, 1.54) is 12.1 Å². The molecule has 2 rings (SSSR count). The fourth-order valence-corrected chi connectivity index (χ4v) is 2.11. The first-order chi connectivity index (χ1) is 8.61. The number of carbonyl (C=O) groups is 1. The molecule has 0 fully saturated rings. The molecule has 0 aliphatic carbocycles. The van der Waals surface area contributed by atoms with Gasteiger partial charge in [-0.15, -0.1) is 0 Å². The van der Waals surface area contributed by atoms with Gasteiger partial charge in [-0.05, 0) is 52.3 Å². The minimum Gasteiger partial charge on any atom is -0.345 e. The predicted molar refractivity (Wildman–Crippen MR) is 74.0 cm³/mol. The number of anilines is 2. The van der Waals surface area contributed by atoms with Crippen molar-refractivity contribution in [3.63, 3.8) is 0 Å². The summed E-state index contributed by atoms with van der Waals surface area (Å²) in [5, 5.41) is 0. The van der Waals surface area contributed by atoms with Crippen LogP contribution in [0, 0.1) is 5.82 Å². The fourth-order valence-electron chi connectivity index (χ4n) is 1.65. The van der Waals surface area contributed by atoms with Gasteiger partial charge in [-0.3, -0.25) is 4.79 Å². The SMILES string of the molecule is CN(c1cccc(F)c1)c1ccc(C=O)c(Br)c1. The molecule has 0 unspecified atom stereocenters. The predicted octanol–water partition coefficient (Wildman–Crippen LogP) is 4.17. The van der Waals surface area contributed by atoms with Gasteiger partial charge >= 0.3 is 0 Å². The summed E-state index contributed by atoms with van der Waals surface area (Å²) in [6.07, 6.45) is 0.788. The zero-order chi connectivity index (χ0) is 13.1. The van der Waals surface area contributed by atoms with Crippen molar-refractivity contribution in [3.8, 4) is 0 Å². The monoisotopic (exact) mass is 307 g/mol. The van der Waals surface area contributed by atoms with E-state index in [4.69, 9.17) is 0 Å². The van der Waals surface area contributed by atoms with Crippen LogP contribution in [0.15, 0.2) is 46.9 Å². The van der Waals surface area contributed by atoms with Crippen molar-refractivity contribution >= 4 is 33.6 Å². The Hall–Kier alpha value is -1.68. The Labute approximate surface area is 113 Å². The van der Waals surface area contributed by atoms with Crippen LogP contribution >= 0.6 is 15.9 Å². The molecule has 0 saturated carbocycles. The van der Waals surface area contributed by atoms with Gasteiger partial charge in [-0.1, -0.05) is 6.07 Å². The third-order valence-corrected chi connectivity index (χ3v) is 3.38. The highest BCUT2D eigenvalue weighted by molar-refractivity contribution is 9.10. The van der Waals surface area contributed by atoms with Gasteiger partial charge in [-0.25, -0.2) is 4.39 Å². The zero-order valence-corrected chi connectivity index (χ0v) is 11.3. The van der Waals surface area contributed by atoms with Crippen LogP contribution in [0.3, 0.4) is 0 Å². The normalized spacial score (nSPS) is 10.2. The second-order valence-electron chi connectivity index (χ2n) is 3.86. The molecule has 0 spiro atoms. The highest BCUT2D eigenvalue weighted by Gasteiger charge is 2.07. The van der Waals surface area contributed by atoms with Crippen LogP contribution in [-0.2, 0) is 0 Å². The Balaban J connectivity index is 2.37. The minimum absolute atomic E-state index is 0.275. The average molecular weight is 308 g/mol. The maximum absolute atomic E-state index is 13.2. The highest BCUT2D eigenvalue weighted by Crippen LogP contribution is 2.28. The molecule has 2 nitrogen and oxygen atoms in total. The van der Waals surface area contributed by atoms with E-state index in [1.807, 2.05) is 30.1 Å². The zero-order valence-electron chi connectivity index (χ0n) is 9.73. The van der Waals surface area contributed by atoms with Crippen molar-refractivity contribution in [2.45, 2.75) is 0 Å².